The standard InChI is InChI=1S/C31H24FN3O4S/c32-25-15-10-22(11-16-25)21-39-30-19-14-23-6-4-5-9-28(23)29(30)20-33-34-31(36)24-12-17-26(18-13-24)35-40(37,38)27-7-2-1-3-8-27/h1-20,35H,21H2,(H,34,36). The van der Waals surface area contributed by atoms with Crippen molar-refractivity contribution < 1.29 is 22.3 Å². The van der Waals surface area contributed by atoms with E-state index in [9.17, 15) is 17.6 Å². The smallest absolute Gasteiger partial charge is 0.271 e. The molecule has 0 atom stereocenters. The van der Waals surface area contributed by atoms with E-state index in [1.54, 1.807) is 30.3 Å². The van der Waals surface area contributed by atoms with Gasteiger partial charge in [0.05, 0.1) is 11.1 Å². The fourth-order valence-corrected chi connectivity index (χ4v) is 5.08. The zero-order valence-electron chi connectivity index (χ0n) is 21.1. The Morgan fingerprint density at radius 2 is 1.52 bits per heavy atom. The van der Waals surface area contributed by atoms with E-state index in [1.807, 2.05) is 36.4 Å². The third-order valence-electron chi connectivity index (χ3n) is 6.05. The molecular weight excluding hydrogens is 529 g/mol. The van der Waals surface area contributed by atoms with Gasteiger partial charge in [-0.25, -0.2) is 18.2 Å². The first-order valence-corrected chi connectivity index (χ1v) is 13.8. The van der Waals surface area contributed by atoms with Gasteiger partial charge in [-0.2, -0.15) is 5.10 Å². The summed E-state index contributed by atoms with van der Waals surface area (Å²) in [6.07, 6.45) is 1.52. The first kappa shape index (κ1) is 26.6. The zero-order valence-corrected chi connectivity index (χ0v) is 21.9. The molecule has 7 nitrogen and oxygen atoms in total. The summed E-state index contributed by atoms with van der Waals surface area (Å²) in [4.78, 5) is 12.9. The van der Waals surface area contributed by atoms with Crippen LogP contribution >= 0.6 is 0 Å². The number of hydrogen-bond acceptors (Lipinski definition) is 5. The Bertz CT molecular complexity index is 1770. The number of rotatable bonds is 9. The van der Waals surface area contributed by atoms with Crippen molar-refractivity contribution in [2.75, 3.05) is 4.72 Å². The molecule has 0 heterocycles. The molecule has 5 aromatic rings. The Kier molecular flexibility index (Phi) is 7.84. The second-order valence-electron chi connectivity index (χ2n) is 8.81. The van der Waals surface area contributed by atoms with Crippen molar-refractivity contribution in [1.82, 2.24) is 5.43 Å². The molecule has 0 aliphatic carbocycles. The van der Waals surface area contributed by atoms with Crippen LogP contribution in [-0.2, 0) is 16.6 Å². The molecule has 0 aromatic heterocycles. The van der Waals surface area contributed by atoms with E-state index >= 15 is 0 Å². The molecule has 0 saturated heterocycles. The third kappa shape index (κ3) is 6.33. The fraction of sp³-hybridized carbons (Fsp3) is 0.0323. The molecule has 0 aliphatic rings. The van der Waals surface area contributed by atoms with Gasteiger partial charge in [-0.3, -0.25) is 9.52 Å². The molecule has 0 radical (unpaired) electrons. The molecule has 0 unspecified atom stereocenters. The molecule has 1 amide bonds. The summed E-state index contributed by atoms with van der Waals surface area (Å²) < 4.78 is 46.8. The van der Waals surface area contributed by atoms with Crippen LogP contribution in [0.1, 0.15) is 21.5 Å². The topological polar surface area (TPSA) is 96.9 Å². The van der Waals surface area contributed by atoms with E-state index in [0.717, 1.165) is 16.3 Å². The van der Waals surface area contributed by atoms with Gasteiger partial charge >= 0.3 is 0 Å². The molecule has 0 aliphatic heterocycles. The molecule has 2 N–H and O–H groups in total. The minimum Gasteiger partial charge on any atom is -0.488 e. The number of benzene rings is 5. The van der Waals surface area contributed by atoms with Crippen molar-refractivity contribution in [2.45, 2.75) is 11.5 Å². The normalized spacial score (nSPS) is 11.4. The number of hydrogen-bond donors (Lipinski definition) is 2. The number of ether oxygens (including phenoxy) is 1. The molecule has 40 heavy (non-hydrogen) atoms. The van der Waals surface area contributed by atoms with Crippen LogP contribution in [0, 0.1) is 5.82 Å². The number of sulfonamides is 1. The van der Waals surface area contributed by atoms with E-state index < -0.39 is 15.9 Å². The summed E-state index contributed by atoms with van der Waals surface area (Å²) >= 11 is 0. The summed E-state index contributed by atoms with van der Waals surface area (Å²) in [5, 5.41) is 6.00. The maximum atomic E-state index is 13.2. The van der Waals surface area contributed by atoms with Gasteiger partial charge in [0.1, 0.15) is 18.2 Å². The highest BCUT2D eigenvalue weighted by Crippen LogP contribution is 2.27. The van der Waals surface area contributed by atoms with E-state index in [4.69, 9.17) is 4.74 Å². The van der Waals surface area contributed by atoms with Crippen LogP contribution in [0.15, 0.2) is 125 Å². The van der Waals surface area contributed by atoms with Crippen LogP contribution in [0.5, 0.6) is 5.75 Å². The molecule has 200 valence electrons. The van der Waals surface area contributed by atoms with Gasteiger partial charge in [0.25, 0.3) is 15.9 Å². The van der Waals surface area contributed by atoms with Crippen molar-refractivity contribution in [1.29, 1.82) is 0 Å². The number of hydrazone groups is 1. The van der Waals surface area contributed by atoms with Crippen LogP contribution in [0.2, 0.25) is 0 Å². The lowest BCUT2D eigenvalue weighted by Gasteiger charge is -2.12. The zero-order chi connectivity index (χ0) is 28.0. The van der Waals surface area contributed by atoms with Crippen molar-refractivity contribution in [2.24, 2.45) is 5.10 Å². The fourth-order valence-electron chi connectivity index (χ4n) is 4.00. The Hall–Kier alpha value is -5.02. The van der Waals surface area contributed by atoms with Crippen LogP contribution < -0.4 is 14.9 Å². The number of nitrogens with zero attached hydrogens (tertiary/aromatic N) is 1. The van der Waals surface area contributed by atoms with Crippen LogP contribution in [-0.4, -0.2) is 20.5 Å². The van der Waals surface area contributed by atoms with Crippen molar-refractivity contribution >= 4 is 38.6 Å². The predicted molar refractivity (Wildman–Crippen MR) is 153 cm³/mol. The molecule has 0 bridgehead atoms. The van der Waals surface area contributed by atoms with E-state index in [2.05, 4.69) is 15.2 Å². The number of nitrogens with one attached hydrogen (secondary N) is 2. The lowest BCUT2D eigenvalue weighted by molar-refractivity contribution is 0.0955. The minimum absolute atomic E-state index is 0.139. The largest absolute Gasteiger partial charge is 0.488 e. The summed E-state index contributed by atoms with van der Waals surface area (Å²) in [5.74, 6) is -0.236. The van der Waals surface area contributed by atoms with Gasteiger partial charge in [0.15, 0.2) is 0 Å². The Morgan fingerprint density at radius 3 is 2.27 bits per heavy atom. The molecule has 5 aromatic carbocycles. The highest BCUT2D eigenvalue weighted by molar-refractivity contribution is 7.92. The Balaban J connectivity index is 1.29. The van der Waals surface area contributed by atoms with E-state index in [1.165, 1.54) is 54.7 Å². The van der Waals surface area contributed by atoms with Crippen molar-refractivity contribution in [3.63, 3.8) is 0 Å². The third-order valence-corrected chi connectivity index (χ3v) is 7.45. The summed E-state index contributed by atoms with van der Waals surface area (Å²) in [6, 6.07) is 31.6. The monoisotopic (exact) mass is 553 g/mol. The van der Waals surface area contributed by atoms with E-state index in [-0.39, 0.29) is 17.3 Å². The van der Waals surface area contributed by atoms with Crippen molar-refractivity contribution in [3.05, 3.63) is 138 Å². The molecule has 9 heteroatoms. The Morgan fingerprint density at radius 1 is 0.825 bits per heavy atom. The number of carbonyl (C=O) groups is 1. The molecule has 0 fully saturated rings. The summed E-state index contributed by atoms with van der Waals surface area (Å²) in [7, 11) is -3.74. The molecule has 5 rings (SSSR count). The maximum absolute atomic E-state index is 13.2. The number of halogens is 1. The summed E-state index contributed by atoms with van der Waals surface area (Å²) in [6.45, 7) is 0.228. The van der Waals surface area contributed by atoms with Crippen molar-refractivity contribution in [3.8, 4) is 5.75 Å². The average molecular weight is 554 g/mol. The number of carbonyl (C=O) groups excluding carboxylic acids is 1. The van der Waals surface area contributed by atoms with Gasteiger partial charge in [0, 0.05) is 16.8 Å². The molecular formula is C31H24FN3O4S. The van der Waals surface area contributed by atoms with Gasteiger partial charge < -0.3 is 4.74 Å². The van der Waals surface area contributed by atoms with Gasteiger partial charge in [0.2, 0.25) is 0 Å². The number of fused-ring (bicyclic) bond motifs is 1. The van der Waals surface area contributed by atoms with Crippen LogP contribution in [0.4, 0.5) is 10.1 Å². The average Bonchev–Trinajstić information content (AvgIpc) is 2.98. The van der Waals surface area contributed by atoms with E-state index in [0.29, 0.717) is 22.6 Å². The van der Waals surface area contributed by atoms with Crippen LogP contribution in [0.3, 0.4) is 0 Å². The number of amides is 1. The highest BCUT2D eigenvalue weighted by Gasteiger charge is 2.14. The predicted octanol–water partition coefficient (Wildman–Crippen LogP) is 6.12. The lowest BCUT2D eigenvalue weighted by Crippen LogP contribution is -2.18. The van der Waals surface area contributed by atoms with Crippen LogP contribution in [0.25, 0.3) is 10.8 Å². The van der Waals surface area contributed by atoms with Gasteiger partial charge in [-0.15, -0.1) is 0 Å². The first-order chi connectivity index (χ1) is 19.4. The van der Waals surface area contributed by atoms with Gasteiger partial charge in [-0.05, 0) is 70.9 Å². The van der Waals surface area contributed by atoms with Gasteiger partial charge in [-0.1, -0.05) is 60.7 Å². The summed E-state index contributed by atoms with van der Waals surface area (Å²) in [5.41, 5.74) is 4.60. The molecule has 0 saturated carbocycles. The Labute approximate surface area is 231 Å². The second kappa shape index (κ2) is 11.8. The number of anilines is 1. The SMILES string of the molecule is O=C(NN=Cc1c(OCc2ccc(F)cc2)ccc2ccccc12)c1ccc(NS(=O)(=O)c2ccccc2)cc1. The minimum atomic E-state index is -3.74. The first-order valence-electron chi connectivity index (χ1n) is 12.3. The highest BCUT2D eigenvalue weighted by atomic mass is 32.2. The lowest BCUT2D eigenvalue weighted by atomic mass is 10.0. The molecule has 0 spiro atoms. The quantitative estimate of drug-likeness (QED) is 0.170. The maximum Gasteiger partial charge on any atom is 0.271 e. The second-order valence-corrected chi connectivity index (χ2v) is 10.5.